The first kappa shape index (κ1) is 13.5. The lowest BCUT2D eigenvalue weighted by Gasteiger charge is -2.30. The molecule has 1 amide bonds. The van der Waals surface area contributed by atoms with Crippen molar-refractivity contribution in [1.82, 2.24) is 10.2 Å². The van der Waals surface area contributed by atoms with Gasteiger partial charge in [-0.1, -0.05) is 6.07 Å². The lowest BCUT2D eigenvalue weighted by molar-refractivity contribution is -0.124. The van der Waals surface area contributed by atoms with Gasteiger partial charge in [-0.05, 0) is 25.3 Å². The lowest BCUT2D eigenvalue weighted by Crippen LogP contribution is -2.46. The van der Waals surface area contributed by atoms with E-state index < -0.39 is 0 Å². The van der Waals surface area contributed by atoms with E-state index in [9.17, 15) is 4.79 Å². The molecule has 1 saturated heterocycles. The summed E-state index contributed by atoms with van der Waals surface area (Å²) in [7, 11) is 0. The molecule has 2 atom stereocenters. The molecule has 2 rings (SSSR count). The van der Waals surface area contributed by atoms with E-state index in [0.29, 0.717) is 6.54 Å². The normalized spacial score (nSPS) is 22.7. The van der Waals surface area contributed by atoms with Crippen molar-refractivity contribution in [2.24, 2.45) is 0 Å². The molecular formula is C13H20N2O2S. The standard InChI is InChI=1S/C13H20N2O2S/c1-10-8-15(5-6-17-10)9-13(16)14-11(2)12-4-3-7-18-12/h3-4,7,10-11H,5-6,8-9H2,1-2H3,(H,14,16). The molecule has 0 spiro atoms. The minimum Gasteiger partial charge on any atom is -0.376 e. The highest BCUT2D eigenvalue weighted by atomic mass is 32.1. The van der Waals surface area contributed by atoms with Gasteiger partial charge < -0.3 is 10.1 Å². The highest BCUT2D eigenvalue weighted by molar-refractivity contribution is 7.10. The molecule has 1 N–H and O–H groups in total. The van der Waals surface area contributed by atoms with Crippen LogP contribution in [-0.2, 0) is 9.53 Å². The molecule has 0 bridgehead atoms. The number of nitrogens with zero attached hydrogens (tertiary/aromatic N) is 1. The van der Waals surface area contributed by atoms with Crippen LogP contribution in [-0.4, -0.2) is 43.2 Å². The first-order valence-electron chi connectivity index (χ1n) is 6.32. The van der Waals surface area contributed by atoms with E-state index in [0.717, 1.165) is 19.7 Å². The number of thiophene rings is 1. The third kappa shape index (κ3) is 3.80. The smallest absolute Gasteiger partial charge is 0.234 e. The van der Waals surface area contributed by atoms with Crippen LogP contribution in [0.4, 0.5) is 0 Å². The van der Waals surface area contributed by atoms with Crippen LogP contribution in [0.15, 0.2) is 17.5 Å². The number of carbonyl (C=O) groups is 1. The van der Waals surface area contributed by atoms with Crippen molar-refractivity contribution in [3.63, 3.8) is 0 Å². The molecule has 4 nitrogen and oxygen atoms in total. The maximum absolute atomic E-state index is 11.9. The van der Waals surface area contributed by atoms with E-state index in [2.05, 4.69) is 10.2 Å². The van der Waals surface area contributed by atoms with Crippen LogP contribution in [0.5, 0.6) is 0 Å². The summed E-state index contributed by atoms with van der Waals surface area (Å²) in [5.74, 6) is 0.0880. The Morgan fingerprint density at radius 3 is 3.22 bits per heavy atom. The number of carbonyl (C=O) groups excluding carboxylic acids is 1. The van der Waals surface area contributed by atoms with Gasteiger partial charge in [0.25, 0.3) is 0 Å². The van der Waals surface area contributed by atoms with Crippen molar-refractivity contribution in [2.75, 3.05) is 26.2 Å². The zero-order chi connectivity index (χ0) is 13.0. The Morgan fingerprint density at radius 2 is 2.56 bits per heavy atom. The van der Waals surface area contributed by atoms with Crippen molar-refractivity contribution in [1.29, 1.82) is 0 Å². The molecule has 0 radical (unpaired) electrons. The number of hydrogen-bond acceptors (Lipinski definition) is 4. The van der Waals surface area contributed by atoms with Gasteiger partial charge in [0.05, 0.1) is 25.3 Å². The summed E-state index contributed by atoms with van der Waals surface area (Å²) >= 11 is 1.67. The third-order valence-corrected chi connectivity index (χ3v) is 4.09. The number of morpholine rings is 1. The van der Waals surface area contributed by atoms with Gasteiger partial charge in [-0.25, -0.2) is 0 Å². The van der Waals surface area contributed by atoms with Gasteiger partial charge in [0, 0.05) is 18.0 Å². The summed E-state index contributed by atoms with van der Waals surface area (Å²) in [6.07, 6.45) is 0.223. The molecule has 100 valence electrons. The number of hydrogen-bond donors (Lipinski definition) is 1. The first-order chi connectivity index (χ1) is 8.65. The number of amides is 1. The minimum absolute atomic E-state index is 0.0880. The van der Waals surface area contributed by atoms with Gasteiger partial charge in [-0.15, -0.1) is 11.3 Å². The van der Waals surface area contributed by atoms with Crippen LogP contribution in [0.3, 0.4) is 0 Å². The van der Waals surface area contributed by atoms with Crippen LogP contribution in [0.2, 0.25) is 0 Å². The second-order valence-corrected chi connectivity index (χ2v) is 5.70. The molecule has 0 aliphatic carbocycles. The topological polar surface area (TPSA) is 41.6 Å². The SMILES string of the molecule is CC1CN(CC(=O)NC(C)c2cccs2)CCO1. The van der Waals surface area contributed by atoms with Gasteiger partial charge in [-0.3, -0.25) is 9.69 Å². The largest absolute Gasteiger partial charge is 0.376 e. The average Bonchev–Trinajstić information content (AvgIpc) is 2.81. The molecule has 1 aliphatic rings. The van der Waals surface area contributed by atoms with E-state index in [1.54, 1.807) is 11.3 Å². The summed E-state index contributed by atoms with van der Waals surface area (Å²) in [5, 5.41) is 5.06. The van der Waals surface area contributed by atoms with Crippen LogP contribution >= 0.6 is 11.3 Å². The van der Waals surface area contributed by atoms with Crippen molar-refractivity contribution in [3.05, 3.63) is 22.4 Å². The molecule has 1 aromatic heterocycles. The van der Waals surface area contributed by atoms with Crippen LogP contribution in [0.1, 0.15) is 24.8 Å². The van der Waals surface area contributed by atoms with Gasteiger partial charge in [0.15, 0.2) is 0 Å². The van der Waals surface area contributed by atoms with Gasteiger partial charge >= 0.3 is 0 Å². The number of nitrogens with one attached hydrogen (secondary N) is 1. The fourth-order valence-corrected chi connectivity index (χ4v) is 2.87. The molecular weight excluding hydrogens is 248 g/mol. The maximum atomic E-state index is 11.9. The molecule has 5 heteroatoms. The Morgan fingerprint density at radius 1 is 1.72 bits per heavy atom. The van der Waals surface area contributed by atoms with Crippen molar-refractivity contribution < 1.29 is 9.53 Å². The second-order valence-electron chi connectivity index (χ2n) is 4.72. The number of rotatable bonds is 4. The zero-order valence-corrected chi connectivity index (χ0v) is 11.7. The van der Waals surface area contributed by atoms with E-state index in [4.69, 9.17) is 4.74 Å². The average molecular weight is 268 g/mol. The summed E-state index contributed by atoms with van der Waals surface area (Å²) < 4.78 is 5.46. The molecule has 1 fully saturated rings. The Bertz CT molecular complexity index is 380. The van der Waals surface area contributed by atoms with Gasteiger partial charge in [0.2, 0.25) is 5.91 Å². The molecule has 2 unspecified atom stereocenters. The molecule has 0 aromatic carbocycles. The molecule has 0 saturated carbocycles. The van der Waals surface area contributed by atoms with E-state index in [-0.39, 0.29) is 18.1 Å². The lowest BCUT2D eigenvalue weighted by atomic mass is 10.2. The molecule has 1 aromatic rings. The third-order valence-electron chi connectivity index (χ3n) is 3.04. The Labute approximate surface area is 112 Å². The Balaban J connectivity index is 1.78. The summed E-state index contributed by atoms with van der Waals surface area (Å²) in [5.41, 5.74) is 0. The Kier molecular flexibility index (Phi) is 4.74. The zero-order valence-electron chi connectivity index (χ0n) is 10.9. The quantitative estimate of drug-likeness (QED) is 0.902. The molecule has 1 aliphatic heterocycles. The van der Waals surface area contributed by atoms with E-state index in [1.807, 2.05) is 31.4 Å². The Hall–Kier alpha value is -0.910. The monoisotopic (exact) mass is 268 g/mol. The summed E-state index contributed by atoms with van der Waals surface area (Å²) in [4.78, 5) is 15.3. The fraction of sp³-hybridized carbons (Fsp3) is 0.615. The predicted octanol–water partition coefficient (Wildman–Crippen LogP) is 1.65. The van der Waals surface area contributed by atoms with E-state index in [1.165, 1.54) is 4.88 Å². The fourth-order valence-electron chi connectivity index (χ4n) is 2.13. The number of ether oxygens (including phenoxy) is 1. The summed E-state index contributed by atoms with van der Waals surface area (Å²) in [6.45, 7) is 6.91. The summed E-state index contributed by atoms with van der Waals surface area (Å²) in [6, 6.07) is 4.15. The van der Waals surface area contributed by atoms with Gasteiger partial charge in [-0.2, -0.15) is 0 Å². The first-order valence-corrected chi connectivity index (χ1v) is 7.20. The van der Waals surface area contributed by atoms with Crippen molar-refractivity contribution in [3.8, 4) is 0 Å². The van der Waals surface area contributed by atoms with Crippen molar-refractivity contribution in [2.45, 2.75) is 26.0 Å². The highest BCUT2D eigenvalue weighted by Crippen LogP contribution is 2.17. The minimum atomic E-state index is 0.0880. The van der Waals surface area contributed by atoms with Crippen LogP contribution in [0, 0.1) is 0 Å². The van der Waals surface area contributed by atoms with Crippen molar-refractivity contribution >= 4 is 17.2 Å². The second kappa shape index (κ2) is 6.31. The van der Waals surface area contributed by atoms with Crippen LogP contribution in [0.25, 0.3) is 0 Å². The predicted molar refractivity (Wildman–Crippen MR) is 72.7 cm³/mol. The molecule has 18 heavy (non-hydrogen) atoms. The molecule has 2 heterocycles. The van der Waals surface area contributed by atoms with Gasteiger partial charge in [0.1, 0.15) is 0 Å². The van der Waals surface area contributed by atoms with E-state index >= 15 is 0 Å². The highest BCUT2D eigenvalue weighted by Gasteiger charge is 2.19. The maximum Gasteiger partial charge on any atom is 0.234 e. The van der Waals surface area contributed by atoms with Crippen LogP contribution < -0.4 is 5.32 Å².